The van der Waals surface area contributed by atoms with Gasteiger partial charge in [-0.2, -0.15) is 0 Å². The third-order valence-corrected chi connectivity index (χ3v) is 5.92. The summed E-state index contributed by atoms with van der Waals surface area (Å²) >= 11 is 7.05. The lowest BCUT2D eigenvalue weighted by Crippen LogP contribution is -2.35. The van der Waals surface area contributed by atoms with Crippen LogP contribution in [0.25, 0.3) is 0 Å². The van der Waals surface area contributed by atoms with Gasteiger partial charge in [0, 0.05) is 27.7 Å². The van der Waals surface area contributed by atoms with E-state index in [4.69, 9.17) is 9.73 Å². The molecular formula is C19H26Br2N2O2. The van der Waals surface area contributed by atoms with Gasteiger partial charge < -0.3 is 9.64 Å². The highest BCUT2D eigenvalue weighted by Crippen LogP contribution is 2.31. The molecule has 0 unspecified atom stereocenters. The Balaban J connectivity index is 1.97. The van der Waals surface area contributed by atoms with E-state index in [1.807, 2.05) is 31.7 Å². The van der Waals surface area contributed by atoms with Gasteiger partial charge >= 0.3 is 6.09 Å². The summed E-state index contributed by atoms with van der Waals surface area (Å²) in [5.74, 6) is 0.440. The van der Waals surface area contributed by atoms with Gasteiger partial charge in [-0.1, -0.05) is 0 Å². The van der Waals surface area contributed by atoms with Gasteiger partial charge in [0.25, 0.3) is 0 Å². The summed E-state index contributed by atoms with van der Waals surface area (Å²) in [7, 11) is 0. The minimum atomic E-state index is -0.445. The quantitative estimate of drug-likeness (QED) is 0.486. The Morgan fingerprint density at radius 2 is 1.96 bits per heavy atom. The molecule has 25 heavy (non-hydrogen) atoms. The Morgan fingerprint density at radius 1 is 1.32 bits per heavy atom. The van der Waals surface area contributed by atoms with E-state index in [0.29, 0.717) is 5.92 Å². The third-order valence-electron chi connectivity index (χ3n) is 4.07. The highest BCUT2D eigenvalue weighted by atomic mass is 79.9. The van der Waals surface area contributed by atoms with Crippen molar-refractivity contribution in [2.75, 3.05) is 13.1 Å². The van der Waals surface area contributed by atoms with Crippen molar-refractivity contribution in [2.45, 2.75) is 53.1 Å². The Bertz CT molecular complexity index is 681. The van der Waals surface area contributed by atoms with Crippen molar-refractivity contribution in [3.63, 3.8) is 0 Å². The van der Waals surface area contributed by atoms with Crippen LogP contribution in [0.2, 0.25) is 0 Å². The zero-order chi connectivity index (χ0) is 18.8. The van der Waals surface area contributed by atoms with Crippen molar-refractivity contribution in [1.82, 2.24) is 4.90 Å². The normalized spacial score (nSPS) is 18.6. The number of amides is 1. The minimum absolute atomic E-state index is 0.211. The number of benzene rings is 1. The molecule has 1 aliphatic rings. The van der Waals surface area contributed by atoms with Crippen LogP contribution in [0.15, 0.2) is 26.1 Å². The van der Waals surface area contributed by atoms with Crippen LogP contribution in [-0.4, -0.2) is 35.4 Å². The topological polar surface area (TPSA) is 41.9 Å². The summed E-state index contributed by atoms with van der Waals surface area (Å²) in [4.78, 5) is 18.8. The summed E-state index contributed by atoms with van der Waals surface area (Å²) in [6.45, 7) is 11.3. The molecule has 2 rings (SSSR count). The molecule has 0 saturated carbocycles. The molecule has 0 N–H and O–H groups in total. The second-order valence-corrected chi connectivity index (χ2v) is 9.39. The molecule has 0 aromatic heterocycles. The van der Waals surface area contributed by atoms with Crippen LogP contribution in [-0.2, 0) is 4.74 Å². The molecule has 4 nitrogen and oxygen atoms in total. The molecule has 0 bridgehead atoms. The molecule has 1 amide bonds. The number of carbonyl (C=O) groups excluding carboxylic acids is 1. The number of hydrogen-bond acceptors (Lipinski definition) is 3. The van der Waals surface area contributed by atoms with Gasteiger partial charge in [-0.3, -0.25) is 4.99 Å². The van der Waals surface area contributed by atoms with E-state index in [1.165, 1.54) is 0 Å². The standard InChI is InChI=1S/C19H26Br2N2O2/c1-12-8-15(20)16(21)10-17(12)22-13(2)9-14-6-7-23(11-14)18(24)25-19(3,4)5/h8,10,14H,6-7,9,11H2,1-5H3/b22-13-/t14-/m1/s1. The number of carbonyl (C=O) groups is 1. The largest absolute Gasteiger partial charge is 0.444 e. The molecule has 1 heterocycles. The van der Waals surface area contributed by atoms with Crippen LogP contribution < -0.4 is 0 Å². The van der Waals surface area contributed by atoms with Crippen molar-refractivity contribution in [2.24, 2.45) is 10.9 Å². The Morgan fingerprint density at radius 3 is 2.60 bits per heavy atom. The fourth-order valence-electron chi connectivity index (χ4n) is 2.92. The molecular weight excluding hydrogens is 448 g/mol. The molecule has 1 aliphatic heterocycles. The first-order valence-corrected chi connectivity index (χ1v) is 10.1. The van der Waals surface area contributed by atoms with E-state index >= 15 is 0 Å². The van der Waals surface area contributed by atoms with Crippen molar-refractivity contribution in [1.29, 1.82) is 0 Å². The molecule has 1 aromatic carbocycles. The molecule has 1 fully saturated rings. The van der Waals surface area contributed by atoms with E-state index in [1.54, 1.807) is 0 Å². The molecule has 0 aliphatic carbocycles. The van der Waals surface area contributed by atoms with E-state index in [9.17, 15) is 4.79 Å². The number of hydrogen-bond donors (Lipinski definition) is 0. The van der Waals surface area contributed by atoms with Crippen molar-refractivity contribution >= 4 is 49.4 Å². The second-order valence-electron chi connectivity index (χ2n) is 7.69. The molecule has 1 aromatic rings. The first kappa shape index (κ1) is 20.4. The van der Waals surface area contributed by atoms with Crippen LogP contribution in [0.4, 0.5) is 10.5 Å². The van der Waals surface area contributed by atoms with E-state index in [2.05, 4.69) is 51.8 Å². The van der Waals surface area contributed by atoms with Gasteiger partial charge in [-0.25, -0.2) is 4.79 Å². The Kier molecular flexibility index (Phi) is 6.71. The summed E-state index contributed by atoms with van der Waals surface area (Å²) in [6, 6.07) is 4.10. The van der Waals surface area contributed by atoms with Gasteiger partial charge in [0.1, 0.15) is 5.60 Å². The maximum absolute atomic E-state index is 12.2. The lowest BCUT2D eigenvalue weighted by Gasteiger charge is -2.24. The number of aliphatic imine (C=N–C) groups is 1. The summed E-state index contributed by atoms with van der Waals surface area (Å²) in [5, 5.41) is 0. The first-order chi connectivity index (χ1) is 11.5. The van der Waals surface area contributed by atoms with Crippen LogP contribution in [0.1, 0.15) is 46.1 Å². The average Bonchev–Trinajstić information content (AvgIpc) is 2.91. The van der Waals surface area contributed by atoms with E-state index < -0.39 is 5.60 Å². The van der Waals surface area contributed by atoms with Crippen molar-refractivity contribution in [3.05, 3.63) is 26.6 Å². The molecule has 138 valence electrons. The summed E-state index contributed by atoms with van der Waals surface area (Å²) in [6.07, 6.45) is 1.68. The lowest BCUT2D eigenvalue weighted by molar-refractivity contribution is 0.0288. The van der Waals surface area contributed by atoms with Crippen molar-refractivity contribution < 1.29 is 9.53 Å². The van der Waals surface area contributed by atoms with Crippen LogP contribution in [0.5, 0.6) is 0 Å². The zero-order valence-electron chi connectivity index (χ0n) is 15.5. The smallest absolute Gasteiger partial charge is 0.410 e. The highest BCUT2D eigenvalue weighted by Gasteiger charge is 2.29. The first-order valence-electron chi connectivity index (χ1n) is 8.53. The monoisotopic (exact) mass is 472 g/mol. The average molecular weight is 474 g/mol. The Hall–Kier alpha value is -0.880. The van der Waals surface area contributed by atoms with Gasteiger partial charge in [0.15, 0.2) is 0 Å². The van der Waals surface area contributed by atoms with Crippen LogP contribution >= 0.6 is 31.9 Å². The van der Waals surface area contributed by atoms with Gasteiger partial charge in [0.05, 0.1) is 5.69 Å². The number of aryl methyl sites for hydroxylation is 1. The zero-order valence-corrected chi connectivity index (χ0v) is 18.7. The van der Waals surface area contributed by atoms with E-state index in [0.717, 1.165) is 51.8 Å². The lowest BCUT2D eigenvalue weighted by atomic mass is 10.0. The third kappa shape index (κ3) is 6.10. The van der Waals surface area contributed by atoms with Crippen LogP contribution in [0, 0.1) is 12.8 Å². The molecule has 0 radical (unpaired) electrons. The molecule has 0 spiro atoms. The highest BCUT2D eigenvalue weighted by molar-refractivity contribution is 9.13. The van der Waals surface area contributed by atoms with Gasteiger partial charge in [0.2, 0.25) is 0 Å². The van der Waals surface area contributed by atoms with Crippen molar-refractivity contribution in [3.8, 4) is 0 Å². The maximum atomic E-state index is 12.2. The Labute approximate surface area is 167 Å². The number of rotatable bonds is 3. The maximum Gasteiger partial charge on any atom is 0.410 e. The van der Waals surface area contributed by atoms with Gasteiger partial charge in [-0.05, 0) is 103 Å². The summed E-state index contributed by atoms with van der Waals surface area (Å²) < 4.78 is 7.49. The number of nitrogens with zero attached hydrogens (tertiary/aromatic N) is 2. The molecule has 6 heteroatoms. The number of ether oxygens (including phenoxy) is 1. The minimum Gasteiger partial charge on any atom is -0.444 e. The summed E-state index contributed by atoms with van der Waals surface area (Å²) in [5.41, 5.74) is 2.76. The van der Waals surface area contributed by atoms with Gasteiger partial charge in [-0.15, -0.1) is 0 Å². The fourth-order valence-corrected chi connectivity index (χ4v) is 3.71. The molecule has 1 saturated heterocycles. The van der Waals surface area contributed by atoms with E-state index in [-0.39, 0.29) is 6.09 Å². The fraction of sp³-hybridized carbons (Fsp3) is 0.579. The number of likely N-dealkylation sites (tertiary alicyclic amines) is 1. The second kappa shape index (κ2) is 8.21. The molecule has 1 atom stereocenters. The SMILES string of the molecule is C/C(C[C@H]1CCN(C(=O)OC(C)(C)C)C1)=N/c1cc(Br)c(Br)cc1C. The predicted molar refractivity (Wildman–Crippen MR) is 110 cm³/mol. The number of halogens is 2. The van der Waals surface area contributed by atoms with Crippen LogP contribution in [0.3, 0.4) is 0 Å². The predicted octanol–water partition coefficient (Wildman–Crippen LogP) is 6.26.